The molecule has 1 heterocycles. The van der Waals surface area contributed by atoms with Gasteiger partial charge in [-0.05, 0) is 24.3 Å². The maximum absolute atomic E-state index is 12.2. The van der Waals surface area contributed by atoms with Crippen LogP contribution >= 0.6 is 11.8 Å². The van der Waals surface area contributed by atoms with Gasteiger partial charge in [-0.2, -0.15) is 19.3 Å². The van der Waals surface area contributed by atoms with Crippen molar-refractivity contribution in [1.82, 2.24) is 0 Å². The average molecular weight is 302 g/mol. The lowest BCUT2D eigenvalue weighted by Crippen LogP contribution is -1.81. The summed E-state index contributed by atoms with van der Waals surface area (Å²) in [6, 6.07) is 13.3. The maximum atomic E-state index is 12.2. The first-order valence-corrected chi connectivity index (χ1v) is 6.67. The molecule has 0 unspecified atom stereocenters. The first-order chi connectivity index (χ1) is 10.1. The highest BCUT2D eigenvalue weighted by Gasteiger charge is 2.07. The number of halogens is 2. The minimum Gasteiger partial charge on any atom is -0.457 e. The summed E-state index contributed by atoms with van der Waals surface area (Å²) in [4.78, 5) is 0.469. The van der Waals surface area contributed by atoms with Crippen molar-refractivity contribution in [1.29, 1.82) is 10.5 Å². The Morgan fingerprint density at radius 2 is 1.76 bits per heavy atom. The number of thioether (sulfide) groups is 1. The molecule has 1 aromatic carbocycles. The lowest BCUT2D eigenvalue weighted by Gasteiger charge is -2.01. The molecule has 6 heteroatoms. The summed E-state index contributed by atoms with van der Waals surface area (Å²) in [7, 11) is 0. The average Bonchev–Trinajstić information content (AvgIpc) is 2.93. The Morgan fingerprint density at radius 3 is 2.33 bits per heavy atom. The number of allylic oxidation sites excluding steroid dienone is 1. The van der Waals surface area contributed by atoms with Gasteiger partial charge in [-0.25, -0.2) is 0 Å². The summed E-state index contributed by atoms with van der Waals surface area (Å²) in [5.41, 5.74) is 0.670. The van der Waals surface area contributed by atoms with Gasteiger partial charge in [-0.1, -0.05) is 23.9 Å². The third kappa shape index (κ3) is 3.95. The summed E-state index contributed by atoms with van der Waals surface area (Å²) in [6.45, 7) is 0. The summed E-state index contributed by atoms with van der Waals surface area (Å²) in [5, 5.41) is 17.3. The molecule has 0 bridgehead atoms. The number of benzene rings is 1. The third-order valence-electron chi connectivity index (χ3n) is 2.52. The molecule has 0 aliphatic heterocycles. The molecule has 0 saturated carbocycles. The van der Waals surface area contributed by atoms with Crippen LogP contribution in [0, 0.1) is 22.7 Å². The van der Waals surface area contributed by atoms with E-state index in [-0.39, 0.29) is 5.57 Å². The van der Waals surface area contributed by atoms with Crippen LogP contribution < -0.4 is 0 Å². The van der Waals surface area contributed by atoms with Crippen molar-refractivity contribution in [2.45, 2.75) is 10.7 Å². The van der Waals surface area contributed by atoms with Gasteiger partial charge in [0.2, 0.25) is 0 Å². The fourth-order valence-electron chi connectivity index (χ4n) is 1.62. The molecule has 1 aromatic heterocycles. The van der Waals surface area contributed by atoms with E-state index in [0.717, 1.165) is 5.56 Å². The number of rotatable bonds is 4. The van der Waals surface area contributed by atoms with Gasteiger partial charge in [0.25, 0.3) is 5.76 Å². The fourth-order valence-corrected chi connectivity index (χ4v) is 2.12. The van der Waals surface area contributed by atoms with Crippen LogP contribution in [0.5, 0.6) is 0 Å². The van der Waals surface area contributed by atoms with E-state index in [1.807, 2.05) is 0 Å². The minimum atomic E-state index is -2.45. The Hall–Kier alpha value is -2.57. The van der Waals surface area contributed by atoms with Crippen molar-refractivity contribution in [2.24, 2.45) is 0 Å². The van der Waals surface area contributed by atoms with Crippen LogP contribution in [-0.2, 0) is 0 Å². The number of furan rings is 1. The van der Waals surface area contributed by atoms with Gasteiger partial charge in [0.1, 0.15) is 29.2 Å². The van der Waals surface area contributed by atoms with Crippen molar-refractivity contribution in [3.8, 4) is 23.5 Å². The number of hydrogen-bond acceptors (Lipinski definition) is 4. The van der Waals surface area contributed by atoms with Crippen LogP contribution in [0.25, 0.3) is 17.4 Å². The van der Waals surface area contributed by atoms with E-state index in [1.54, 1.807) is 48.5 Å². The summed E-state index contributed by atoms with van der Waals surface area (Å²) in [6.07, 6.45) is 1.34. The Labute approximate surface area is 124 Å². The Kier molecular flexibility index (Phi) is 4.76. The number of alkyl halides is 2. The van der Waals surface area contributed by atoms with Gasteiger partial charge >= 0.3 is 0 Å². The molecule has 0 N–H and O–H groups in total. The molecule has 0 atom stereocenters. The van der Waals surface area contributed by atoms with Crippen molar-refractivity contribution in [3.05, 3.63) is 47.7 Å². The maximum Gasteiger partial charge on any atom is 0.288 e. The smallest absolute Gasteiger partial charge is 0.288 e. The number of nitriles is 2. The normalized spacial score (nSPS) is 9.95. The Bertz CT molecular complexity index is 720. The van der Waals surface area contributed by atoms with Gasteiger partial charge < -0.3 is 4.42 Å². The van der Waals surface area contributed by atoms with E-state index >= 15 is 0 Å². The van der Waals surface area contributed by atoms with Crippen LogP contribution in [0.2, 0.25) is 0 Å². The van der Waals surface area contributed by atoms with E-state index < -0.39 is 5.76 Å². The second-order valence-corrected chi connectivity index (χ2v) is 4.95. The molecule has 0 spiro atoms. The van der Waals surface area contributed by atoms with Crippen molar-refractivity contribution < 1.29 is 13.2 Å². The highest BCUT2D eigenvalue weighted by molar-refractivity contribution is 7.99. The largest absolute Gasteiger partial charge is 0.457 e. The Morgan fingerprint density at radius 1 is 1.10 bits per heavy atom. The zero-order valence-electron chi connectivity index (χ0n) is 10.6. The molecule has 2 rings (SSSR count). The van der Waals surface area contributed by atoms with Crippen LogP contribution in [-0.4, -0.2) is 5.76 Å². The van der Waals surface area contributed by atoms with Gasteiger partial charge in [0.15, 0.2) is 0 Å². The van der Waals surface area contributed by atoms with Crippen LogP contribution in [0.15, 0.2) is 51.3 Å². The lowest BCUT2D eigenvalue weighted by molar-refractivity contribution is 0.252. The lowest BCUT2D eigenvalue weighted by atomic mass is 10.2. The van der Waals surface area contributed by atoms with E-state index in [9.17, 15) is 8.78 Å². The van der Waals surface area contributed by atoms with Crippen molar-refractivity contribution >= 4 is 17.8 Å². The molecule has 0 aliphatic carbocycles. The molecule has 2 aromatic rings. The van der Waals surface area contributed by atoms with Gasteiger partial charge in [0, 0.05) is 16.5 Å². The van der Waals surface area contributed by atoms with Gasteiger partial charge in [0.05, 0.1) is 0 Å². The zero-order chi connectivity index (χ0) is 15.2. The van der Waals surface area contributed by atoms with Crippen LogP contribution in [0.4, 0.5) is 8.78 Å². The zero-order valence-corrected chi connectivity index (χ0v) is 11.4. The molecule has 0 amide bonds. The standard InChI is InChI=1S/C15H8F2N2OS/c16-15(17)21-13-4-1-11(2-5-13)14-6-3-12(20-14)7-10(8-18)9-19/h1-7,15H. The summed E-state index contributed by atoms with van der Waals surface area (Å²) >= 11 is 0.476. The van der Waals surface area contributed by atoms with E-state index in [0.29, 0.717) is 28.2 Å². The predicted octanol–water partition coefficient (Wildman–Crippen LogP) is 4.69. The summed E-state index contributed by atoms with van der Waals surface area (Å²) < 4.78 is 29.9. The van der Waals surface area contributed by atoms with Crippen LogP contribution in [0.3, 0.4) is 0 Å². The molecular formula is C15H8F2N2OS. The van der Waals surface area contributed by atoms with Gasteiger partial charge in [-0.3, -0.25) is 0 Å². The second-order valence-electron chi connectivity index (χ2n) is 3.89. The number of nitrogens with zero attached hydrogens (tertiary/aromatic N) is 2. The van der Waals surface area contributed by atoms with Crippen LogP contribution in [0.1, 0.15) is 5.76 Å². The SMILES string of the molecule is N#CC(C#N)=Cc1ccc(-c2ccc(SC(F)F)cc2)o1. The molecule has 0 fully saturated rings. The van der Waals surface area contributed by atoms with E-state index in [4.69, 9.17) is 14.9 Å². The quantitative estimate of drug-likeness (QED) is 0.607. The molecule has 0 saturated heterocycles. The van der Waals surface area contributed by atoms with Crippen molar-refractivity contribution in [2.75, 3.05) is 0 Å². The number of hydrogen-bond donors (Lipinski definition) is 0. The second kappa shape index (κ2) is 6.74. The van der Waals surface area contributed by atoms with E-state index in [1.165, 1.54) is 6.08 Å². The first kappa shape index (κ1) is 14.8. The first-order valence-electron chi connectivity index (χ1n) is 5.79. The summed E-state index contributed by atoms with van der Waals surface area (Å²) in [5.74, 6) is -1.54. The highest BCUT2D eigenvalue weighted by atomic mass is 32.2. The molecule has 0 radical (unpaired) electrons. The molecular weight excluding hydrogens is 294 g/mol. The van der Waals surface area contributed by atoms with Crippen molar-refractivity contribution in [3.63, 3.8) is 0 Å². The fraction of sp³-hybridized carbons (Fsp3) is 0.0667. The topological polar surface area (TPSA) is 60.7 Å². The Balaban J connectivity index is 2.21. The monoisotopic (exact) mass is 302 g/mol. The van der Waals surface area contributed by atoms with E-state index in [2.05, 4.69) is 0 Å². The van der Waals surface area contributed by atoms with Gasteiger partial charge in [-0.15, -0.1) is 0 Å². The molecule has 104 valence electrons. The molecule has 0 aliphatic rings. The highest BCUT2D eigenvalue weighted by Crippen LogP contribution is 2.29. The molecule has 3 nitrogen and oxygen atoms in total. The molecule has 21 heavy (non-hydrogen) atoms. The third-order valence-corrected chi connectivity index (χ3v) is 3.24. The predicted molar refractivity (Wildman–Crippen MR) is 75.2 cm³/mol. The minimum absolute atomic E-state index is 0.0559.